The van der Waals surface area contributed by atoms with Crippen molar-refractivity contribution in [1.29, 1.82) is 0 Å². The second-order valence-electron chi connectivity index (χ2n) is 5.75. The molecule has 1 aliphatic rings. The molecule has 6 nitrogen and oxygen atoms in total. The van der Waals surface area contributed by atoms with E-state index in [9.17, 15) is 9.90 Å². The van der Waals surface area contributed by atoms with Gasteiger partial charge in [-0.3, -0.25) is 4.79 Å². The fourth-order valence-corrected chi connectivity index (χ4v) is 2.83. The van der Waals surface area contributed by atoms with E-state index in [1.165, 1.54) is 6.26 Å². The van der Waals surface area contributed by atoms with Gasteiger partial charge in [-0.25, -0.2) is 0 Å². The Morgan fingerprint density at radius 1 is 1.38 bits per heavy atom. The minimum absolute atomic E-state index is 0.276. The van der Waals surface area contributed by atoms with Crippen molar-refractivity contribution in [2.45, 2.75) is 32.4 Å². The predicted molar refractivity (Wildman–Crippen MR) is 88.8 cm³/mol. The van der Waals surface area contributed by atoms with Crippen molar-refractivity contribution in [3.05, 3.63) is 53.5 Å². The lowest BCUT2D eigenvalue weighted by Gasteiger charge is -2.31. The molecule has 0 radical (unpaired) electrons. The number of hydrazone groups is 1. The number of benzene rings is 1. The van der Waals surface area contributed by atoms with Crippen LogP contribution in [0.15, 0.2) is 46.1 Å². The topological polar surface area (TPSA) is 75.3 Å². The normalized spacial score (nSPS) is 20.2. The Morgan fingerprint density at radius 3 is 2.62 bits per heavy atom. The highest BCUT2D eigenvalue weighted by molar-refractivity contribution is 5.98. The molecule has 0 aliphatic carbocycles. The van der Waals surface area contributed by atoms with Crippen LogP contribution in [-0.4, -0.2) is 28.8 Å². The molecule has 0 spiro atoms. The second-order valence-corrected chi connectivity index (χ2v) is 5.75. The Balaban J connectivity index is 2.01. The average Bonchev–Trinajstić information content (AvgIpc) is 3.18. The monoisotopic (exact) mass is 328 g/mol. The van der Waals surface area contributed by atoms with Crippen LogP contribution in [0.1, 0.15) is 41.4 Å². The summed E-state index contributed by atoms with van der Waals surface area (Å²) in [7, 11) is 1.58. The Morgan fingerprint density at radius 2 is 2.08 bits per heavy atom. The van der Waals surface area contributed by atoms with Gasteiger partial charge in [0.15, 0.2) is 5.72 Å². The van der Waals surface area contributed by atoms with E-state index < -0.39 is 5.72 Å². The van der Waals surface area contributed by atoms with E-state index in [2.05, 4.69) is 5.10 Å². The van der Waals surface area contributed by atoms with Gasteiger partial charge < -0.3 is 14.3 Å². The molecule has 6 heteroatoms. The molecule has 2 heterocycles. The minimum Gasteiger partial charge on any atom is -0.497 e. The number of carbonyl (C=O) groups excluding carboxylic acids is 1. The molecule has 0 saturated carbocycles. The molecule has 126 valence electrons. The van der Waals surface area contributed by atoms with Gasteiger partial charge >= 0.3 is 0 Å². The average molecular weight is 328 g/mol. The summed E-state index contributed by atoms with van der Waals surface area (Å²) in [4.78, 5) is 12.9. The van der Waals surface area contributed by atoms with Gasteiger partial charge in [0.05, 0.1) is 18.9 Å². The second kappa shape index (κ2) is 6.13. The lowest BCUT2D eigenvalue weighted by molar-refractivity contribution is -0.0766. The summed E-state index contributed by atoms with van der Waals surface area (Å²) in [6.45, 7) is 3.66. The quantitative estimate of drug-likeness (QED) is 0.936. The number of hydrogen-bond donors (Lipinski definition) is 1. The third-order valence-electron chi connectivity index (χ3n) is 4.28. The van der Waals surface area contributed by atoms with Crippen molar-refractivity contribution >= 4 is 11.6 Å². The summed E-state index contributed by atoms with van der Waals surface area (Å²) in [5.41, 5.74) is 0.231. The Bertz CT molecular complexity index is 779. The van der Waals surface area contributed by atoms with E-state index in [0.29, 0.717) is 29.1 Å². The predicted octanol–water partition coefficient (Wildman–Crippen LogP) is 3.05. The number of aliphatic hydroxyl groups is 1. The lowest BCUT2D eigenvalue weighted by Crippen LogP contribution is -2.43. The molecule has 0 saturated heterocycles. The zero-order chi connectivity index (χ0) is 17.3. The number of hydrogen-bond acceptors (Lipinski definition) is 5. The van der Waals surface area contributed by atoms with E-state index in [4.69, 9.17) is 9.15 Å². The number of furan rings is 1. The molecule has 1 aromatic heterocycles. The van der Waals surface area contributed by atoms with E-state index in [1.807, 2.05) is 6.92 Å². The SMILES string of the molecule is CCC1=NN(C(=O)c2ccoc2C)C(O)(c2ccc(OC)cc2)C1. The van der Waals surface area contributed by atoms with E-state index in [0.717, 1.165) is 10.7 Å². The molecule has 0 fully saturated rings. The van der Waals surface area contributed by atoms with E-state index in [1.54, 1.807) is 44.4 Å². The molecule has 0 bridgehead atoms. The summed E-state index contributed by atoms with van der Waals surface area (Å²) in [5, 5.41) is 16.8. The highest BCUT2D eigenvalue weighted by atomic mass is 16.5. The summed E-state index contributed by atoms with van der Waals surface area (Å²) in [6.07, 6.45) is 2.39. The summed E-state index contributed by atoms with van der Waals surface area (Å²) in [6, 6.07) is 8.59. The minimum atomic E-state index is -1.52. The first-order chi connectivity index (χ1) is 11.5. The summed E-state index contributed by atoms with van der Waals surface area (Å²) >= 11 is 0. The number of rotatable bonds is 4. The fraction of sp³-hybridized carbons (Fsp3) is 0.333. The largest absolute Gasteiger partial charge is 0.497 e. The zero-order valence-corrected chi connectivity index (χ0v) is 13.9. The van der Waals surface area contributed by atoms with Crippen LogP contribution in [0.25, 0.3) is 0 Å². The van der Waals surface area contributed by atoms with Crippen LogP contribution < -0.4 is 4.74 Å². The van der Waals surface area contributed by atoms with Gasteiger partial charge in [-0.1, -0.05) is 19.1 Å². The molecule has 2 aromatic rings. The lowest BCUT2D eigenvalue weighted by atomic mass is 9.96. The molecule has 1 amide bonds. The van der Waals surface area contributed by atoms with E-state index in [-0.39, 0.29) is 12.3 Å². The van der Waals surface area contributed by atoms with Gasteiger partial charge in [0, 0.05) is 17.7 Å². The highest BCUT2D eigenvalue weighted by Gasteiger charge is 2.46. The van der Waals surface area contributed by atoms with Crippen LogP contribution in [0.5, 0.6) is 5.75 Å². The van der Waals surface area contributed by atoms with Gasteiger partial charge in [0.25, 0.3) is 5.91 Å². The maximum absolute atomic E-state index is 12.9. The maximum atomic E-state index is 12.9. The van der Waals surface area contributed by atoms with Crippen LogP contribution in [-0.2, 0) is 5.72 Å². The number of aryl methyl sites for hydroxylation is 1. The maximum Gasteiger partial charge on any atom is 0.280 e. The first-order valence-corrected chi connectivity index (χ1v) is 7.81. The molecule has 1 unspecified atom stereocenters. The molecule has 1 aromatic carbocycles. The third-order valence-corrected chi connectivity index (χ3v) is 4.28. The molecule has 3 rings (SSSR count). The first-order valence-electron chi connectivity index (χ1n) is 7.81. The van der Waals surface area contributed by atoms with Crippen molar-refractivity contribution in [3.8, 4) is 5.75 Å². The standard InChI is InChI=1S/C18H20N2O4/c1-4-14-11-18(22,13-5-7-15(23-3)8-6-13)20(19-14)17(21)16-9-10-24-12(16)2/h5-10,22H,4,11H2,1-3H3. The molecular weight excluding hydrogens is 308 g/mol. The Kier molecular flexibility index (Phi) is 4.15. The van der Waals surface area contributed by atoms with Gasteiger partial charge in [0.1, 0.15) is 11.5 Å². The molecule has 24 heavy (non-hydrogen) atoms. The molecular formula is C18H20N2O4. The number of carbonyl (C=O) groups is 1. The van der Waals surface area contributed by atoms with Crippen LogP contribution >= 0.6 is 0 Å². The number of nitrogens with zero attached hydrogens (tertiary/aromatic N) is 2. The fourth-order valence-electron chi connectivity index (χ4n) is 2.83. The van der Waals surface area contributed by atoms with Crippen LogP contribution in [0, 0.1) is 6.92 Å². The molecule has 1 aliphatic heterocycles. The van der Waals surface area contributed by atoms with Gasteiger partial charge in [-0.05, 0) is 31.5 Å². The van der Waals surface area contributed by atoms with Crippen molar-refractivity contribution in [1.82, 2.24) is 5.01 Å². The van der Waals surface area contributed by atoms with Crippen LogP contribution in [0.3, 0.4) is 0 Å². The van der Waals surface area contributed by atoms with Gasteiger partial charge in [0.2, 0.25) is 0 Å². The van der Waals surface area contributed by atoms with Gasteiger partial charge in [-0.15, -0.1) is 0 Å². The number of methoxy groups -OCH3 is 1. The smallest absolute Gasteiger partial charge is 0.280 e. The third kappa shape index (κ3) is 2.59. The van der Waals surface area contributed by atoms with Crippen molar-refractivity contribution in [2.75, 3.05) is 7.11 Å². The van der Waals surface area contributed by atoms with Crippen molar-refractivity contribution < 1.29 is 19.1 Å². The highest BCUT2D eigenvalue weighted by Crippen LogP contribution is 2.38. The van der Waals surface area contributed by atoms with Crippen molar-refractivity contribution in [3.63, 3.8) is 0 Å². The summed E-state index contributed by atoms with van der Waals surface area (Å²) in [5.74, 6) is 0.792. The first kappa shape index (κ1) is 16.3. The van der Waals surface area contributed by atoms with Crippen molar-refractivity contribution in [2.24, 2.45) is 5.10 Å². The van der Waals surface area contributed by atoms with E-state index >= 15 is 0 Å². The van der Waals surface area contributed by atoms with Crippen LogP contribution in [0.4, 0.5) is 0 Å². The number of ether oxygens (including phenoxy) is 1. The van der Waals surface area contributed by atoms with Gasteiger partial charge in [-0.2, -0.15) is 10.1 Å². The Labute approximate surface area is 140 Å². The zero-order valence-electron chi connectivity index (χ0n) is 13.9. The molecule has 1 atom stereocenters. The Hall–Kier alpha value is -2.60. The number of amides is 1. The van der Waals surface area contributed by atoms with Crippen LogP contribution in [0.2, 0.25) is 0 Å². The molecule has 1 N–H and O–H groups in total. The summed E-state index contributed by atoms with van der Waals surface area (Å²) < 4.78 is 10.4.